The minimum Gasteiger partial charge on any atom is -0.497 e. The molecule has 1 aromatic heterocycles. The van der Waals surface area contributed by atoms with Crippen LogP contribution in [0.25, 0.3) is 22.2 Å². The number of hydrogen-bond donors (Lipinski definition) is 0. The quantitative estimate of drug-likeness (QED) is 0.225. The van der Waals surface area contributed by atoms with Crippen LogP contribution in [0.3, 0.4) is 0 Å². The Kier molecular flexibility index (Phi) is 6.18. The molecule has 0 spiro atoms. The molecule has 5 aromatic rings. The third-order valence-electron chi connectivity index (χ3n) is 6.68. The lowest BCUT2D eigenvalue weighted by Crippen LogP contribution is -2.21. The van der Waals surface area contributed by atoms with Gasteiger partial charge in [0.25, 0.3) is 0 Å². The molecule has 182 valence electrons. The van der Waals surface area contributed by atoms with Gasteiger partial charge in [0, 0.05) is 21.8 Å². The summed E-state index contributed by atoms with van der Waals surface area (Å²) in [5, 5.41) is 8.11. The van der Waals surface area contributed by atoms with Crippen molar-refractivity contribution >= 4 is 38.5 Å². The van der Waals surface area contributed by atoms with Crippen LogP contribution in [0.15, 0.2) is 107 Å². The van der Waals surface area contributed by atoms with Gasteiger partial charge >= 0.3 is 0 Å². The molecule has 37 heavy (non-hydrogen) atoms. The summed E-state index contributed by atoms with van der Waals surface area (Å²) < 4.78 is 6.40. The molecule has 0 aliphatic carbocycles. The molecule has 2 heterocycles. The van der Waals surface area contributed by atoms with E-state index in [-0.39, 0.29) is 6.04 Å². The molecule has 0 saturated carbocycles. The van der Waals surface area contributed by atoms with Gasteiger partial charge in [0.15, 0.2) is 0 Å². The summed E-state index contributed by atoms with van der Waals surface area (Å²) in [7, 11) is 1.68. The number of benzene rings is 4. The highest BCUT2D eigenvalue weighted by Gasteiger charge is 2.32. The molecule has 0 unspecified atom stereocenters. The van der Waals surface area contributed by atoms with Crippen LogP contribution in [0.5, 0.6) is 5.75 Å². The van der Waals surface area contributed by atoms with Crippen LogP contribution < -0.4 is 9.75 Å². The van der Waals surface area contributed by atoms with Crippen molar-refractivity contribution in [3.63, 3.8) is 0 Å². The third-order valence-corrected chi connectivity index (χ3v) is 7.21. The van der Waals surface area contributed by atoms with Crippen LogP contribution in [0.2, 0.25) is 0 Å². The Bertz CT molecular complexity index is 1600. The molecule has 0 N–H and O–H groups in total. The van der Waals surface area contributed by atoms with Gasteiger partial charge in [0.2, 0.25) is 5.95 Å². The Morgan fingerprint density at radius 3 is 2.32 bits per heavy atom. The summed E-state index contributed by atoms with van der Waals surface area (Å²) in [6.45, 7) is 2.09. The molecule has 6 rings (SSSR count). The number of hydrazone groups is 1. The van der Waals surface area contributed by atoms with Crippen molar-refractivity contribution in [3.8, 4) is 17.0 Å². The normalized spacial score (nSPS) is 15.2. The molecular formula is C31H25BrN4O. The number of aryl methyl sites for hydroxylation is 1. The molecule has 0 radical (unpaired) electrons. The highest BCUT2D eigenvalue weighted by molar-refractivity contribution is 9.10. The van der Waals surface area contributed by atoms with Gasteiger partial charge in [-0.2, -0.15) is 5.10 Å². The van der Waals surface area contributed by atoms with E-state index in [1.165, 1.54) is 5.56 Å². The van der Waals surface area contributed by atoms with E-state index < -0.39 is 0 Å². The number of methoxy groups -OCH3 is 1. The van der Waals surface area contributed by atoms with Crippen molar-refractivity contribution in [2.24, 2.45) is 5.10 Å². The lowest BCUT2D eigenvalue weighted by Gasteiger charge is -2.23. The van der Waals surface area contributed by atoms with Gasteiger partial charge in [-0.15, -0.1) is 0 Å². The maximum Gasteiger partial charge on any atom is 0.247 e. The van der Waals surface area contributed by atoms with Crippen molar-refractivity contribution in [1.82, 2.24) is 9.97 Å². The highest BCUT2D eigenvalue weighted by atomic mass is 79.9. The predicted molar refractivity (Wildman–Crippen MR) is 153 cm³/mol. The zero-order chi connectivity index (χ0) is 25.4. The Labute approximate surface area is 224 Å². The van der Waals surface area contributed by atoms with E-state index in [0.717, 1.165) is 55.6 Å². The Morgan fingerprint density at radius 1 is 0.838 bits per heavy atom. The second-order valence-corrected chi connectivity index (χ2v) is 10.1. The molecule has 1 atom stereocenters. The van der Waals surface area contributed by atoms with E-state index in [0.29, 0.717) is 5.95 Å². The fourth-order valence-corrected chi connectivity index (χ4v) is 5.01. The third kappa shape index (κ3) is 4.60. The molecule has 0 fully saturated rings. The number of hydrogen-bond acceptors (Lipinski definition) is 5. The minimum absolute atomic E-state index is 0.0308. The van der Waals surface area contributed by atoms with Gasteiger partial charge in [-0.3, -0.25) is 0 Å². The van der Waals surface area contributed by atoms with E-state index in [1.807, 2.05) is 35.3 Å². The zero-order valence-electron chi connectivity index (χ0n) is 20.6. The van der Waals surface area contributed by atoms with Gasteiger partial charge in [-0.05, 0) is 66.6 Å². The van der Waals surface area contributed by atoms with Gasteiger partial charge in [0.1, 0.15) is 5.75 Å². The first kappa shape index (κ1) is 23.4. The van der Waals surface area contributed by atoms with Crippen molar-refractivity contribution in [2.45, 2.75) is 19.4 Å². The van der Waals surface area contributed by atoms with Crippen LogP contribution in [0.4, 0.5) is 5.95 Å². The second kappa shape index (κ2) is 9.79. The summed E-state index contributed by atoms with van der Waals surface area (Å²) in [6, 6.07) is 33.0. The Balaban J connectivity index is 1.52. The fourth-order valence-electron chi connectivity index (χ4n) is 4.75. The molecule has 4 aromatic carbocycles. The van der Waals surface area contributed by atoms with Crippen molar-refractivity contribution in [2.75, 3.05) is 12.1 Å². The molecular weight excluding hydrogens is 524 g/mol. The summed E-state index contributed by atoms with van der Waals surface area (Å²) in [5.74, 6) is 1.41. The maximum atomic E-state index is 5.35. The van der Waals surface area contributed by atoms with Crippen molar-refractivity contribution in [1.29, 1.82) is 0 Å². The monoisotopic (exact) mass is 548 g/mol. The van der Waals surface area contributed by atoms with Crippen LogP contribution in [0, 0.1) is 6.92 Å². The molecule has 0 bridgehead atoms. The van der Waals surface area contributed by atoms with Gasteiger partial charge in [0.05, 0.1) is 30.1 Å². The smallest absolute Gasteiger partial charge is 0.247 e. The largest absolute Gasteiger partial charge is 0.497 e. The molecule has 1 aliphatic heterocycles. The average molecular weight is 549 g/mol. The first-order valence-corrected chi connectivity index (χ1v) is 13.0. The average Bonchev–Trinajstić information content (AvgIpc) is 3.39. The van der Waals surface area contributed by atoms with Crippen molar-refractivity contribution in [3.05, 3.63) is 118 Å². The first-order chi connectivity index (χ1) is 18.1. The first-order valence-electron chi connectivity index (χ1n) is 12.2. The Morgan fingerprint density at radius 2 is 1.59 bits per heavy atom. The molecule has 0 amide bonds. The van der Waals surface area contributed by atoms with E-state index in [1.54, 1.807) is 7.11 Å². The number of halogens is 1. The van der Waals surface area contributed by atoms with E-state index >= 15 is 0 Å². The van der Waals surface area contributed by atoms with Gasteiger partial charge in [-0.25, -0.2) is 15.0 Å². The number of fused-ring (bicyclic) bond motifs is 1. The van der Waals surface area contributed by atoms with E-state index in [4.69, 9.17) is 19.8 Å². The number of rotatable bonds is 5. The van der Waals surface area contributed by atoms with Crippen LogP contribution >= 0.6 is 15.9 Å². The molecule has 0 saturated heterocycles. The highest BCUT2D eigenvalue weighted by Crippen LogP contribution is 2.38. The van der Waals surface area contributed by atoms with Gasteiger partial charge < -0.3 is 4.74 Å². The second-order valence-electron chi connectivity index (χ2n) is 9.15. The molecule has 6 heteroatoms. The molecule has 1 aliphatic rings. The number of ether oxygens (including phenoxy) is 1. The zero-order valence-corrected chi connectivity index (χ0v) is 22.2. The number of nitrogens with zero attached hydrogens (tertiary/aromatic N) is 4. The standard InChI is InChI=1S/C31H25BrN4O/c1-20-8-17-27-26(18-20)30(23-6-4-3-5-7-23)34-31(33-27)36-29(22-9-13-24(32)14-10-22)19-28(35-36)21-11-15-25(37-2)16-12-21/h3-18,29H,19H2,1-2H3/t29-/m0/s1. The maximum absolute atomic E-state index is 5.35. The summed E-state index contributed by atoms with van der Waals surface area (Å²) in [6.07, 6.45) is 0.740. The molecule has 5 nitrogen and oxygen atoms in total. The van der Waals surface area contributed by atoms with Crippen LogP contribution in [-0.2, 0) is 0 Å². The number of aromatic nitrogens is 2. The SMILES string of the molecule is COc1ccc(C2=NN(c3nc(-c4ccccc4)c4cc(C)ccc4n3)[C@H](c3ccc(Br)cc3)C2)cc1. The minimum atomic E-state index is -0.0308. The van der Waals surface area contributed by atoms with Gasteiger partial charge in [-0.1, -0.05) is 70.0 Å². The van der Waals surface area contributed by atoms with Crippen LogP contribution in [-0.4, -0.2) is 22.8 Å². The summed E-state index contributed by atoms with van der Waals surface area (Å²) in [5.41, 5.74) is 7.25. The lowest BCUT2D eigenvalue weighted by atomic mass is 9.98. The predicted octanol–water partition coefficient (Wildman–Crippen LogP) is 7.73. The Hall–Kier alpha value is -4.03. The van der Waals surface area contributed by atoms with Crippen molar-refractivity contribution < 1.29 is 4.74 Å². The fraction of sp³-hybridized carbons (Fsp3) is 0.129. The summed E-state index contributed by atoms with van der Waals surface area (Å²) >= 11 is 3.57. The number of anilines is 1. The lowest BCUT2D eigenvalue weighted by molar-refractivity contribution is 0.415. The summed E-state index contributed by atoms with van der Waals surface area (Å²) in [4.78, 5) is 10.1. The topological polar surface area (TPSA) is 50.6 Å². The van der Waals surface area contributed by atoms with E-state index in [2.05, 4.69) is 89.6 Å². The van der Waals surface area contributed by atoms with Crippen LogP contribution in [0.1, 0.15) is 29.2 Å². The van der Waals surface area contributed by atoms with E-state index in [9.17, 15) is 0 Å².